The first-order valence-electron chi connectivity index (χ1n) is 42.9. The van der Waals surface area contributed by atoms with E-state index >= 15 is 0 Å². The second kappa shape index (κ2) is 32.0. The van der Waals surface area contributed by atoms with Gasteiger partial charge in [-0.25, -0.2) is 0 Å². The van der Waals surface area contributed by atoms with Gasteiger partial charge >= 0.3 is 0 Å². The third kappa shape index (κ3) is 14.0. The lowest BCUT2D eigenvalue weighted by Crippen LogP contribution is -2.29. The molecule has 0 saturated carbocycles. The van der Waals surface area contributed by atoms with E-state index in [9.17, 15) is 0 Å². The maximum atomic E-state index is 2.33. The number of hydrogen-bond donors (Lipinski definition) is 0. The Morgan fingerprint density at radius 2 is 0.517 bits per heavy atom. The van der Waals surface area contributed by atoms with Crippen molar-refractivity contribution in [1.29, 1.82) is 0 Å². The molecule has 0 nitrogen and oxygen atoms in total. The van der Waals surface area contributed by atoms with E-state index in [0.29, 0.717) is 0 Å². The van der Waals surface area contributed by atoms with Crippen molar-refractivity contribution in [2.45, 2.75) is 131 Å². The minimum atomic E-state index is -0.264. The lowest BCUT2D eigenvalue weighted by Gasteiger charge is -2.34. The summed E-state index contributed by atoms with van der Waals surface area (Å²) in [5.41, 5.74) is 41.0. The number of aryl methyl sites for hydroxylation is 7. The number of benzene rings is 18. The highest BCUT2D eigenvalue weighted by Crippen LogP contribution is 2.58. The minimum absolute atomic E-state index is 0.150. The Labute approximate surface area is 712 Å². The smallest absolute Gasteiger partial charge is 0.0622 e. The maximum absolute atomic E-state index is 2.33. The van der Waals surface area contributed by atoms with Gasteiger partial charge < -0.3 is 0 Å². The van der Waals surface area contributed by atoms with Gasteiger partial charge in [0.25, 0.3) is 0 Å². The van der Waals surface area contributed by atoms with Gasteiger partial charge in [0.05, 0.1) is 5.41 Å². The Hall–Kier alpha value is -13.0. The van der Waals surface area contributed by atoms with Crippen LogP contribution in [0.25, 0.3) is 98.7 Å². The summed E-state index contributed by atoms with van der Waals surface area (Å²) in [5.74, 6) is 0. The first-order valence-corrected chi connectivity index (χ1v) is 42.9. The quantitative estimate of drug-likeness (QED) is 0.151. The third-order valence-electron chi connectivity index (χ3n) is 26.6. The predicted octanol–water partition coefficient (Wildman–Crippen LogP) is 32.2. The van der Waals surface area contributed by atoms with Gasteiger partial charge in [0.15, 0.2) is 0 Å². The summed E-state index contributed by atoms with van der Waals surface area (Å²) in [5, 5.41) is 10.7. The van der Waals surface area contributed by atoms with Gasteiger partial charge in [0.1, 0.15) is 0 Å². The average Bonchev–Trinajstić information content (AvgIpc) is 1.53. The summed E-state index contributed by atoms with van der Waals surface area (Å²) in [6.45, 7) is 33.8. The monoisotopic (exact) mass is 1550 g/mol. The molecule has 0 aliphatic heterocycles. The standard InChI is InChI=1S/C26H20.4C16H16.2C15H12/c1-19-11-10-17-23-22-16-8-9-18-24(22)26(25(19)23,20-12-4-2-5-13-20)21-14-6-3-7-15-21;1-11-7-6-9-13-12-8-4-5-10-14(12)16(2,3)15(11)13;1-11-7-6-10-14-15(11)12-8-4-5-9-13(12)16(14,2)3;1-11-8-9-15-13(10-11)12-6-4-5-7-14(12)16(15,2)3;1-11-8-9-13-12-6-4-5-7-14(12)16(2,3)15(13)10-11;1-11-10-12-6-2-3-8-14(12)15-9-5-4-7-13(11)15;1-11-6-9-15-13(10-11)8-7-12-4-2-3-5-14(12)15/h2-18H,1H3;4*4-10H,1-3H3;2*2-10H,1H3. The Morgan fingerprint density at radius 1 is 0.167 bits per heavy atom. The molecule has 588 valence electrons. The van der Waals surface area contributed by atoms with Gasteiger partial charge in [-0.2, -0.15) is 0 Å². The maximum Gasteiger partial charge on any atom is 0.0716 e. The minimum Gasteiger partial charge on any atom is -0.0622 e. The molecule has 0 radical (unpaired) electrons. The highest BCUT2D eigenvalue weighted by Gasteiger charge is 2.47. The summed E-state index contributed by atoms with van der Waals surface area (Å²) in [4.78, 5) is 0. The van der Waals surface area contributed by atoms with E-state index < -0.39 is 0 Å². The van der Waals surface area contributed by atoms with Crippen LogP contribution < -0.4 is 0 Å². The first-order chi connectivity index (χ1) is 58.0. The molecule has 0 spiro atoms. The molecule has 5 aliphatic carbocycles. The van der Waals surface area contributed by atoms with Crippen LogP contribution in [0.2, 0.25) is 0 Å². The largest absolute Gasteiger partial charge is 0.0716 e. The van der Waals surface area contributed by atoms with Crippen LogP contribution in [0.3, 0.4) is 0 Å². The van der Waals surface area contributed by atoms with E-state index in [0.717, 1.165) is 0 Å². The first kappa shape index (κ1) is 79.5. The molecule has 0 unspecified atom stereocenters. The molecule has 0 amide bonds. The number of rotatable bonds is 2. The van der Waals surface area contributed by atoms with Crippen molar-refractivity contribution in [1.82, 2.24) is 0 Å². The van der Waals surface area contributed by atoms with Gasteiger partial charge in [0, 0.05) is 21.7 Å². The highest BCUT2D eigenvalue weighted by atomic mass is 14.5. The Morgan fingerprint density at radius 3 is 1.13 bits per heavy atom. The zero-order chi connectivity index (χ0) is 83.4. The third-order valence-corrected chi connectivity index (χ3v) is 26.6. The van der Waals surface area contributed by atoms with Crippen molar-refractivity contribution < 1.29 is 0 Å². The summed E-state index contributed by atoms with van der Waals surface area (Å²) < 4.78 is 0. The molecular formula is C120H108. The zero-order valence-electron chi connectivity index (χ0n) is 72.4. The Kier molecular flexibility index (Phi) is 21.2. The molecule has 0 heteroatoms. The Bertz CT molecular complexity index is 6860. The lowest BCUT2D eigenvalue weighted by atomic mass is 9.67. The van der Waals surface area contributed by atoms with Crippen molar-refractivity contribution in [2.24, 2.45) is 0 Å². The molecule has 0 saturated heterocycles. The molecule has 0 fully saturated rings. The second-order valence-electron chi connectivity index (χ2n) is 35.8. The fraction of sp³-hybridized carbons (Fsp3) is 0.167. The van der Waals surface area contributed by atoms with Crippen LogP contribution in [0.1, 0.15) is 161 Å². The van der Waals surface area contributed by atoms with E-state index in [-0.39, 0.29) is 27.1 Å². The molecule has 0 atom stereocenters. The molecule has 18 aromatic rings. The molecule has 0 aromatic heterocycles. The van der Waals surface area contributed by atoms with Crippen molar-refractivity contribution in [3.05, 3.63) is 488 Å². The van der Waals surface area contributed by atoms with Crippen molar-refractivity contribution in [3.8, 4) is 55.6 Å². The molecule has 0 N–H and O–H groups in total. The normalized spacial score (nSPS) is 14.1. The molecule has 5 aliphatic rings. The van der Waals surface area contributed by atoms with Crippen LogP contribution in [0.15, 0.2) is 382 Å². The summed E-state index contributed by atoms with van der Waals surface area (Å²) in [7, 11) is 0. The Balaban J connectivity index is 0.000000101. The molecule has 18 aromatic carbocycles. The summed E-state index contributed by atoms with van der Waals surface area (Å²) in [6, 6.07) is 138. The van der Waals surface area contributed by atoms with E-state index in [1.165, 1.54) is 204 Å². The van der Waals surface area contributed by atoms with Gasteiger partial charge in [0.2, 0.25) is 0 Å². The van der Waals surface area contributed by atoms with Crippen molar-refractivity contribution in [2.75, 3.05) is 0 Å². The summed E-state index contributed by atoms with van der Waals surface area (Å²) in [6.07, 6.45) is 0. The lowest BCUT2D eigenvalue weighted by molar-refractivity contribution is 0.655. The highest BCUT2D eigenvalue weighted by molar-refractivity contribution is 6.09. The average molecular weight is 1550 g/mol. The molecule has 120 heavy (non-hydrogen) atoms. The predicted molar refractivity (Wildman–Crippen MR) is 516 cm³/mol. The van der Waals surface area contributed by atoms with Crippen LogP contribution in [0.5, 0.6) is 0 Å². The van der Waals surface area contributed by atoms with Crippen LogP contribution in [0.4, 0.5) is 0 Å². The van der Waals surface area contributed by atoms with Crippen molar-refractivity contribution in [3.63, 3.8) is 0 Å². The zero-order valence-corrected chi connectivity index (χ0v) is 72.4. The van der Waals surface area contributed by atoms with Gasteiger partial charge in [-0.05, 0) is 236 Å². The fourth-order valence-corrected chi connectivity index (χ4v) is 20.8. The van der Waals surface area contributed by atoms with Crippen LogP contribution in [0, 0.1) is 48.5 Å². The fourth-order valence-electron chi connectivity index (χ4n) is 20.8. The van der Waals surface area contributed by atoms with E-state index in [2.05, 4.69) is 486 Å². The van der Waals surface area contributed by atoms with Gasteiger partial charge in [-0.15, -0.1) is 0 Å². The van der Waals surface area contributed by atoms with Crippen molar-refractivity contribution >= 4 is 43.1 Å². The van der Waals surface area contributed by atoms with E-state index in [1.807, 2.05) is 0 Å². The molecule has 0 heterocycles. The van der Waals surface area contributed by atoms with Crippen LogP contribution >= 0.6 is 0 Å². The number of fused-ring (bicyclic) bond motifs is 21. The SMILES string of the molecule is Cc1cc2ccccc2c2ccccc12.Cc1ccc2c(c1)-c1ccccc1C2(C)C.Cc1ccc2c(c1)C(C)(C)c1ccccc1-2.Cc1ccc2c(ccc3ccccc32)c1.Cc1cccc2c1-c1ccccc1C2(C)C.Cc1cccc2c1C(C)(C)c1ccccc1-2.Cc1cccc2c1C(c1ccccc1)(c1ccccc1)c1ccccc1-2. The molecule has 0 bridgehead atoms. The van der Waals surface area contributed by atoms with Crippen LogP contribution in [-0.2, 0) is 27.1 Å². The van der Waals surface area contributed by atoms with Gasteiger partial charge in [-0.1, -0.05) is 454 Å². The number of hydrogen-bond acceptors (Lipinski definition) is 0. The van der Waals surface area contributed by atoms with Gasteiger partial charge in [-0.3, -0.25) is 0 Å². The summed E-state index contributed by atoms with van der Waals surface area (Å²) >= 11 is 0. The molecular weight excluding hydrogens is 1440 g/mol. The molecule has 23 rings (SSSR count). The second-order valence-corrected chi connectivity index (χ2v) is 35.8. The van der Waals surface area contributed by atoms with Crippen LogP contribution in [-0.4, -0.2) is 0 Å². The van der Waals surface area contributed by atoms with E-state index in [4.69, 9.17) is 0 Å². The van der Waals surface area contributed by atoms with E-state index in [1.54, 1.807) is 0 Å². The topological polar surface area (TPSA) is 0 Å².